The molecule has 1 aromatic rings. The van der Waals surface area contributed by atoms with Crippen molar-refractivity contribution in [3.05, 3.63) is 48.6 Å². The van der Waals surface area contributed by atoms with Gasteiger partial charge < -0.3 is 4.43 Å². The van der Waals surface area contributed by atoms with Crippen LogP contribution in [0.1, 0.15) is 33.3 Å². The Morgan fingerprint density at radius 1 is 1.25 bits per heavy atom. The molecule has 3 atom stereocenters. The molecule has 1 heterocycles. The van der Waals surface area contributed by atoms with Crippen LogP contribution < -0.4 is 0 Å². The summed E-state index contributed by atoms with van der Waals surface area (Å²) in [5.41, 5.74) is 1.38. The van der Waals surface area contributed by atoms with Crippen LogP contribution in [0.3, 0.4) is 0 Å². The van der Waals surface area contributed by atoms with E-state index in [0.717, 1.165) is 19.7 Å². The Kier molecular flexibility index (Phi) is 6.11. The summed E-state index contributed by atoms with van der Waals surface area (Å²) in [5.74, 6) is 1.15. The van der Waals surface area contributed by atoms with E-state index in [4.69, 9.17) is 4.43 Å². The fourth-order valence-electron chi connectivity index (χ4n) is 3.37. The summed E-state index contributed by atoms with van der Waals surface area (Å²) >= 11 is 0. The molecule has 0 radical (unpaired) electrons. The molecule has 0 N–H and O–H groups in total. The van der Waals surface area contributed by atoms with Gasteiger partial charge in [-0.05, 0) is 35.5 Å². The Morgan fingerprint density at radius 3 is 2.42 bits per heavy atom. The molecule has 0 saturated carbocycles. The molecule has 0 aromatic heterocycles. The Bertz CT molecular complexity index is 535. The average molecular weight is 346 g/mol. The average Bonchev–Trinajstić information content (AvgIpc) is 2.79. The van der Waals surface area contributed by atoms with Crippen LogP contribution >= 0.6 is 0 Å². The molecule has 3 heteroatoms. The predicted molar refractivity (Wildman–Crippen MR) is 107 cm³/mol. The van der Waals surface area contributed by atoms with Gasteiger partial charge in [-0.15, -0.1) is 6.58 Å². The monoisotopic (exact) mass is 345 g/mol. The van der Waals surface area contributed by atoms with Crippen LogP contribution in [0.15, 0.2) is 43.0 Å². The van der Waals surface area contributed by atoms with E-state index in [1.165, 1.54) is 5.56 Å². The van der Waals surface area contributed by atoms with Gasteiger partial charge in [-0.25, -0.2) is 0 Å². The van der Waals surface area contributed by atoms with Crippen molar-refractivity contribution in [2.75, 3.05) is 13.2 Å². The zero-order valence-corrected chi connectivity index (χ0v) is 17.4. The van der Waals surface area contributed by atoms with Gasteiger partial charge in [0.15, 0.2) is 8.32 Å². The molecule has 1 fully saturated rings. The Hall–Kier alpha value is -0.903. The summed E-state index contributed by atoms with van der Waals surface area (Å²) in [6, 6.07) is 11.2. The molecule has 1 aliphatic heterocycles. The molecular formula is C21H35NOSi. The van der Waals surface area contributed by atoms with Gasteiger partial charge in [0.25, 0.3) is 0 Å². The summed E-state index contributed by atoms with van der Waals surface area (Å²) in [5, 5.41) is 0.255. The second-order valence-corrected chi connectivity index (χ2v) is 13.7. The molecule has 0 amide bonds. The van der Waals surface area contributed by atoms with E-state index in [0.29, 0.717) is 17.9 Å². The minimum Gasteiger partial charge on any atom is -0.415 e. The highest BCUT2D eigenvalue weighted by Gasteiger charge is 2.42. The third-order valence-corrected chi connectivity index (χ3v) is 10.5. The second kappa shape index (κ2) is 7.55. The second-order valence-electron chi connectivity index (χ2n) is 8.84. The first-order chi connectivity index (χ1) is 11.2. The topological polar surface area (TPSA) is 12.5 Å². The molecule has 2 nitrogen and oxygen atoms in total. The lowest BCUT2D eigenvalue weighted by Gasteiger charge is -2.38. The zero-order chi connectivity index (χ0) is 18.0. The first kappa shape index (κ1) is 19.4. The van der Waals surface area contributed by atoms with E-state index in [9.17, 15) is 0 Å². The molecule has 0 spiro atoms. The van der Waals surface area contributed by atoms with Crippen molar-refractivity contribution in [3.8, 4) is 0 Å². The maximum atomic E-state index is 6.58. The van der Waals surface area contributed by atoms with Gasteiger partial charge in [-0.2, -0.15) is 0 Å². The van der Waals surface area contributed by atoms with E-state index >= 15 is 0 Å². The lowest BCUT2D eigenvalue weighted by molar-refractivity contribution is 0.144. The van der Waals surface area contributed by atoms with Crippen LogP contribution in [0.5, 0.6) is 0 Å². The highest BCUT2D eigenvalue weighted by molar-refractivity contribution is 6.74. The summed E-state index contributed by atoms with van der Waals surface area (Å²) in [6.45, 7) is 21.0. The first-order valence-electron chi connectivity index (χ1n) is 9.20. The smallest absolute Gasteiger partial charge is 0.192 e. The normalized spacial score (nSPS) is 25.8. The van der Waals surface area contributed by atoms with E-state index in [1.54, 1.807) is 0 Å². The van der Waals surface area contributed by atoms with Crippen molar-refractivity contribution in [1.82, 2.24) is 4.90 Å². The summed E-state index contributed by atoms with van der Waals surface area (Å²) in [7, 11) is -1.72. The molecule has 1 aliphatic rings. The van der Waals surface area contributed by atoms with E-state index in [1.807, 2.05) is 0 Å². The third kappa shape index (κ3) is 4.38. The fraction of sp³-hybridized carbons (Fsp3) is 0.619. The lowest BCUT2D eigenvalue weighted by Crippen LogP contribution is -2.45. The van der Waals surface area contributed by atoms with Crippen LogP contribution in [-0.4, -0.2) is 32.4 Å². The van der Waals surface area contributed by atoms with E-state index in [2.05, 4.69) is 88.7 Å². The molecule has 1 aromatic carbocycles. The molecule has 1 saturated heterocycles. The lowest BCUT2D eigenvalue weighted by atomic mass is 9.92. The van der Waals surface area contributed by atoms with Crippen LogP contribution in [0.25, 0.3) is 0 Å². The fourth-order valence-corrected chi connectivity index (χ4v) is 4.39. The third-order valence-electron chi connectivity index (χ3n) is 6.01. The summed E-state index contributed by atoms with van der Waals surface area (Å²) < 4.78 is 6.58. The van der Waals surface area contributed by atoms with Gasteiger partial charge in [-0.1, -0.05) is 64.1 Å². The quantitative estimate of drug-likeness (QED) is 0.510. The molecule has 0 bridgehead atoms. The number of nitrogens with zero attached hydrogens (tertiary/aromatic N) is 1. The molecular weight excluding hydrogens is 310 g/mol. The Labute approximate surface area is 150 Å². The van der Waals surface area contributed by atoms with Gasteiger partial charge in [-0.3, -0.25) is 4.90 Å². The largest absolute Gasteiger partial charge is 0.415 e. The molecule has 0 aliphatic carbocycles. The molecule has 134 valence electrons. The van der Waals surface area contributed by atoms with Crippen molar-refractivity contribution < 1.29 is 4.43 Å². The molecule has 2 rings (SSSR count). The highest BCUT2D eigenvalue weighted by Crippen LogP contribution is 2.38. The minimum atomic E-state index is -1.72. The first-order valence-corrected chi connectivity index (χ1v) is 12.1. The summed E-state index contributed by atoms with van der Waals surface area (Å²) in [4.78, 5) is 2.60. The molecule has 24 heavy (non-hydrogen) atoms. The SMILES string of the molecule is C=C[C@@H]1C(C)CN(Cc2ccccc2)[C@H]1CO[Si](C)(C)C(C)(C)C. The van der Waals surface area contributed by atoms with Crippen LogP contribution in [0, 0.1) is 11.8 Å². The van der Waals surface area contributed by atoms with Crippen molar-refractivity contribution in [3.63, 3.8) is 0 Å². The van der Waals surface area contributed by atoms with Gasteiger partial charge in [0.1, 0.15) is 0 Å². The van der Waals surface area contributed by atoms with Gasteiger partial charge in [0, 0.05) is 19.1 Å². The van der Waals surface area contributed by atoms with Crippen molar-refractivity contribution >= 4 is 8.32 Å². The number of hydrogen-bond acceptors (Lipinski definition) is 2. The van der Waals surface area contributed by atoms with Gasteiger partial charge >= 0.3 is 0 Å². The highest BCUT2D eigenvalue weighted by atomic mass is 28.4. The maximum Gasteiger partial charge on any atom is 0.192 e. The van der Waals surface area contributed by atoms with Crippen molar-refractivity contribution in [2.45, 2.75) is 58.4 Å². The van der Waals surface area contributed by atoms with Crippen LogP contribution in [-0.2, 0) is 11.0 Å². The van der Waals surface area contributed by atoms with Gasteiger partial charge in [0.2, 0.25) is 0 Å². The van der Waals surface area contributed by atoms with Crippen molar-refractivity contribution in [1.29, 1.82) is 0 Å². The Morgan fingerprint density at radius 2 is 1.88 bits per heavy atom. The zero-order valence-electron chi connectivity index (χ0n) is 16.4. The van der Waals surface area contributed by atoms with E-state index in [-0.39, 0.29) is 5.04 Å². The number of benzene rings is 1. The van der Waals surface area contributed by atoms with Crippen LogP contribution in [0.4, 0.5) is 0 Å². The Balaban J connectivity index is 2.11. The number of likely N-dealkylation sites (tertiary alicyclic amines) is 1. The maximum absolute atomic E-state index is 6.58. The van der Waals surface area contributed by atoms with Crippen molar-refractivity contribution in [2.24, 2.45) is 11.8 Å². The van der Waals surface area contributed by atoms with Crippen LogP contribution in [0.2, 0.25) is 18.1 Å². The summed E-state index contributed by atoms with van der Waals surface area (Å²) in [6.07, 6.45) is 2.15. The standard InChI is InChI=1S/C21H35NOSi/c1-8-19-17(2)14-22(15-18-12-10-9-11-13-18)20(19)16-23-24(6,7)21(3,4)5/h8-13,17,19-20H,1,14-16H2,2-7H3/t17?,19-,20+/m1/s1. The number of rotatable bonds is 6. The predicted octanol–water partition coefficient (Wildman–Crippen LogP) is 5.33. The number of hydrogen-bond donors (Lipinski definition) is 0. The van der Waals surface area contributed by atoms with Gasteiger partial charge in [0.05, 0.1) is 6.61 Å². The van der Waals surface area contributed by atoms with E-state index < -0.39 is 8.32 Å². The molecule has 1 unspecified atom stereocenters. The minimum absolute atomic E-state index is 0.255.